The number of hydrogen-bond acceptors (Lipinski definition) is 4. The van der Waals surface area contributed by atoms with E-state index in [2.05, 4.69) is 10.2 Å². The first-order chi connectivity index (χ1) is 10.6. The first-order valence-electron chi connectivity index (χ1n) is 7.61. The van der Waals surface area contributed by atoms with Gasteiger partial charge in [-0.25, -0.2) is 8.42 Å². The molecule has 4 nitrogen and oxygen atoms in total. The number of sulfone groups is 1. The zero-order valence-corrected chi connectivity index (χ0v) is 12.8. The quantitative estimate of drug-likeness (QED) is 0.746. The molecule has 0 aromatic heterocycles. The molecule has 22 heavy (non-hydrogen) atoms. The summed E-state index contributed by atoms with van der Waals surface area (Å²) in [4.78, 5) is 3.24. The fourth-order valence-corrected chi connectivity index (χ4v) is 5.53. The van der Waals surface area contributed by atoms with E-state index in [4.69, 9.17) is 0 Å². The van der Waals surface area contributed by atoms with E-state index in [1.54, 1.807) is 18.2 Å². The highest BCUT2D eigenvalue weighted by atomic mass is 32.2. The minimum atomic E-state index is -3.35. The second-order valence-electron chi connectivity index (χ2n) is 6.36. The molecule has 0 radical (unpaired) electrons. The molecule has 2 aromatic carbocycles. The van der Waals surface area contributed by atoms with Crippen molar-refractivity contribution in [2.45, 2.75) is 15.8 Å². The first kappa shape index (κ1) is 12.7. The summed E-state index contributed by atoms with van der Waals surface area (Å²) in [5.41, 5.74) is 2.81. The van der Waals surface area contributed by atoms with Gasteiger partial charge in [-0.15, -0.1) is 0 Å². The Hall–Kier alpha value is -1.85. The standard InChI is InChI=1S/C17H16N2O2S/c20-22(21)16-4-2-1-3-13(16)14-7-12(5-6-17(14)22)19-9-11-8-18-15(11)10-19/h1-7,11,15,18H,8-10H2/t11-,15+/m0/s1. The van der Waals surface area contributed by atoms with E-state index < -0.39 is 9.84 Å². The van der Waals surface area contributed by atoms with E-state index in [-0.39, 0.29) is 0 Å². The Morgan fingerprint density at radius 2 is 1.82 bits per heavy atom. The van der Waals surface area contributed by atoms with Crippen LogP contribution in [0.5, 0.6) is 0 Å². The summed E-state index contributed by atoms with van der Waals surface area (Å²) in [6.45, 7) is 3.17. The Labute approximate surface area is 129 Å². The maximum absolute atomic E-state index is 12.6. The van der Waals surface area contributed by atoms with Gasteiger partial charge in [-0.1, -0.05) is 18.2 Å². The van der Waals surface area contributed by atoms with E-state index in [0.29, 0.717) is 15.8 Å². The number of nitrogens with zero attached hydrogens (tertiary/aromatic N) is 1. The van der Waals surface area contributed by atoms with Crippen LogP contribution >= 0.6 is 0 Å². The Balaban J connectivity index is 1.64. The SMILES string of the molecule is O=S1(=O)c2ccccc2-c2cc(N3C[C@@H]4CN[C@@H]4C3)ccc21. The number of benzene rings is 2. The van der Waals surface area contributed by atoms with Crippen molar-refractivity contribution in [3.05, 3.63) is 42.5 Å². The number of anilines is 1. The maximum Gasteiger partial charge on any atom is 0.207 e. The number of nitrogens with one attached hydrogen (secondary N) is 1. The molecule has 3 aliphatic heterocycles. The second kappa shape index (κ2) is 4.12. The maximum atomic E-state index is 12.6. The van der Waals surface area contributed by atoms with Gasteiger partial charge in [0.1, 0.15) is 0 Å². The van der Waals surface area contributed by atoms with Gasteiger partial charge >= 0.3 is 0 Å². The summed E-state index contributed by atoms with van der Waals surface area (Å²) in [5, 5.41) is 3.45. The van der Waals surface area contributed by atoms with Crippen LogP contribution in [0.4, 0.5) is 5.69 Å². The average molecular weight is 312 g/mol. The topological polar surface area (TPSA) is 49.4 Å². The fraction of sp³-hybridized carbons (Fsp3) is 0.294. The van der Waals surface area contributed by atoms with Gasteiger partial charge in [-0.05, 0) is 24.3 Å². The van der Waals surface area contributed by atoms with Gasteiger partial charge in [0.05, 0.1) is 9.79 Å². The predicted octanol–water partition coefficient (Wildman–Crippen LogP) is 1.91. The predicted molar refractivity (Wildman–Crippen MR) is 84.8 cm³/mol. The minimum Gasteiger partial charge on any atom is -0.370 e. The molecular weight excluding hydrogens is 296 g/mol. The Kier molecular flexibility index (Phi) is 2.37. The van der Waals surface area contributed by atoms with Crippen LogP contribution in [0.3, 0.4) is 0 Å². The van der Waals surface area contributed by atoms with Crippen LogP contribution in [-0.2, 0) is 9.84 Å². The molecule has 3 aliphatic rings. The lowest BCUT2D eigenvalue weighted by Crippen LogP contribution is -2.51. The van der Waals surface area contributed by atoms with Crippen LogP contribution in [0.15, 0.2) is 52.3 Å². The zero-order valence-electron chi connectivity index (χ0n) is 12.0. The number of rotatable bonds is 1. The average Bonchev–Trinajstić information content (AvgIpc) is 2.93. The number of hydrogen-bond donors (Lipinski definition) is 1. The van der Waals surface area contributed by atoms with Crippen molar-refractivity contribution in [1.29, 1.82) is 0 Å². The van der Waals surface area contributed by atoms with Gasteiger partial charge in [0.25, 0.3) is 0 Å². The molecule has 2 aromatic rings. The van der Waals surface area contributed by atoms with Gasteiger partial charge in [-0.3, -0.25) is 0 Å². The summed E-state index contributed by atoms with van der Waals surface area (Å²) in [6.07, 6.45) is 0. The molecule has 0 amide bonds. The van der Waals surface area contributed by atoms with E-state index in [1.165, 1.54) is 0 Å². The molecule has 2 atom stereocenters. The van der Waals surface area contributed by atoms with Gasteiger partial charge < -0.3 is 10.2 Å². The highest BCUT2D eigenvalue weighted by molar-refractivity contribution is 7.92. The second-order valence-corrected chi connectivity index (χ2v) is 8.25. The van der Waals surface area contributed by atoms with Crippen molar-refractivity contribution >= 4 is 15.5 Å². The van der Waals surface area contributed by atoms with Crippen molar-refractivity contribution in [3.63, 3.8) is 0 Å². The fourth-order valence-electron chi connectivity index (χ4n) is 3.86. The van der Waals surface area contributed by atoms with Crippen LogP contribution in [0.25, 0.3) is 11.1 Å². The molecule has 5 heteroatoms. The molecular formula is C17H16N2O2S. The van der Waals surface area contributed by atoms with Crippen molar-refractivity contribution in [2.24, 2.45) is 5.92 Å². The Bertz CT molecular complexity index is 879. The van der Waals surface area contributed by atoms with E-state index in [9.17, 15) is 8.42 Å². The third kappa shape index (κ3) is 1.53. The highest BCUT2D eigenvalue weighted by Crippen LogP contribution is 2.44. The summed E-state index contributed by atoms with van der Waals surface area (Å²) in [5.74, 6) is 0.740. The van der Waals surface area contributed by atoms with Crippen molar-refractivity contribution < 1.29 is 8.42 Å². The zero-order chi connectivity index (χ0) is 14.9. The molecule has 0 saturated carbocycles. The van der Waals surface area contributed by atoms with Gasteiger partial charge in [0, 0.05) is 48.4 Å². The molecule has 2 saturated heterocycles. The van der Waals surface area contributed by atoms with Crippen molar-refractivity contribution in [2.75, 3.05) is 24.5 Å². The summed E-state index contributed by atoms with van der Waals surface area (Å²) in [7, 11) is -3.35. The van der Waals surface area contributed by atoms with Gasteiger partial charge in [0.15, 0.2) is 0 Å². The summed E-state index contributed by atoms with van der Waals surface area (Å²) in [6, 6.07) is 13.7. The summed E-state index contributed by atoms with van der Waals surface area (Å²) >= 11 is 0. The normalized spacial score (nSPS) is 27.0. The number of fused-ring (bicyclic) bond motifs is 4. The van der Waals surface area contributed by atoms with Crippen molar-refractivity contribution in [1.82, 2.24) is 5.32 Å². The van der Waals surface area contributed by atoms with E-state index in [1.807, 2.05) is 24.3 Å². The molecule has 0 spiro atoms. The third-order valence-corrected chi connectivity index (χ3v) is 7.04. The lowest BCUT2D eigenvalue weighted by molar-refractivity contribution is 0.297. The molecule has 3 heterocycles. The van der Waals surface area contributed by atoms with Crippen LogP contribution in [0.2, 0.25) is 0 Å². The molecule has 112 valence electrons. The van der Waals surface area contributed by atoms with E-state index >= 15 is 0 Å². The van der Waals surface area contributed by atoms with Crippen LogP contribution in [0, 0.1) is 5.92 Å². The molecule has 2 fully saturated rings. The van der Waals surface area contributed by atoms with Crippen molar-refractivity contribution in [3.8, 4) is 11.1 Å². The first-order valence-corrected chi connectivity index (χ1v) is 9.10. The smallest absolute Gasteiger partial charge is 0.207 e. The molecule has 5 rings (SSSR count). The van der Waals surface area contributed by atoms with Crippen LogP contribution in [-0.4, -0.2) is 34.1 Å². The molecule has 0 bridgehead atoms. The van der Waals surface area contributed by atoms with Gasteiger partial charge in [-0.2, -0.15) is 0 Å². The molecule has 0 unspecified atom stereocenters. The lowest BCUT2D eigenvalue weighted by Gasteiger charge is -2.29. The van der Waals surface area contributed by atoms with E-state index in [0.717, 1.165) is 42.4 Å². The Morgan fingerprint density at radius 1 is 1.00 bits per heavy atom. The monoisotopic (exact) mass is 312 g/mol. The highest BCUT2D eigenvalue weighted by Gasteiger charge is 2.40. The third-order valence-electron chi connectivity index (χ3n) is 5.17. The Morgan fingerprint density at radius 3 is 2.55 bits per heavy atom. The lowest BCUT2D eigenvalue weighted by atomic mass is 9.96. The largest absolute Gasteiger partial charge is 0.370 e. The van der Waals surface area contributed by atoms with Crippen LogP contribution < -0.4 is 10.2 Å². The summed E-state index contributed by atoms with van der Waals surface area (Å²) < 4.78 is 25.2. The minimum absolute atomic E-state index is 0.435. The molecule has 0 aliphatic carbocycles. The van der Waals surface area contributed by atoms with Gasteiger partial charge in [0.2, 0.25) is 9.84 Å². The van der Waals surface area contributed by atoms with Crippen LogP contribution in [0.1, 0.15) is 0 Å². The molecule has 1 N–H and O–H groups in total.